The Hall–Kier alpha value is -3.54. The van der Waals surface area contributed by atoms with Crippen LogP contribution < -0.4 is 10.2 Å². The number of aryl methyl sites for hydroxylation is 1. The van der Waals surface area contributed by atoms with Crippen molar-refractivity contribution in [1.82, 2.24) is 10.2 Å². The number of benzene rings is 2. The molecule has 6 nitrogen and oxygen atoms in total. The van der Waals surface area contributed by atoms with E-state index in [9.17, 15) is 22.8 Å². The third kappa shape index (κ3) is 4.90. The lowest BCUT2D eigenvalue weighted by atomic mass is 9.70. The maximum Gasteiger partial charge on any atom is 0.417 e. The van der Waals surface area contributed by atoms with Gasteiger partial charge in [-0.3, -0.25) is 9.59 Å². The first-order valence-corrected chi connectivity index (χ1v) is 12.0. The summed E-state index contributed by atoms with van der Waals surface area (Å²) >= 11 is 0. The number of nitriles is 1. The Balaban J connectivity index is 1.53. The SMILES string of the molecule is CNC(=O)C1CN(c2ccc(C#N)c(C(F)(F)F)c2)CC12CCN(C(=O)Cc1ccccc1C)CC2. The van der Waals surface area contributed by atoms with Crippen LogP contribution in [0.15, 0.2) is 42.5 Å². The summed E-state index contributed by atoms with van der Waals surface area (Å²) in [5.74, 6) is -0.532. The number of amides is 2. The number of rotatable bonds is 4. The lowest BCUT2D eigenvalue weighted by Crippen LogP contribution is -2.49. The van der Waals surface area contributed by atoms with E-state index in [0.29, 0.717) is 44.6 Å². The highest BCUT2D eigenvalue weighted by Crippen LogP contribution is 2.47. The van der Waals surface area contributed by atoms with Crippen LogP contribution in [0.5, 0.6) is 0 Å². The third-order valence-corrected chi connectivity index (χ3v) is 7.72. The molecule has 1 N–H and O–H groups in total. The van der Waals surface area contributed by atoms with E-state index in [1.165, 1.54) is 12.1 Å². The maximum absolute atomic E-state index is 13.5. The smallest absolute Gasteiger partial charge is 0.370 e. The van der Waals surface area contributed by atoms with Crippen molar-refractivity contribution in [2.24, 2.45) is 11.3 Å². The van der Waals surface area contributed by atoms with E-state index >= 15 is 0 Å². The minimum Gasteiger partial charge on any atom is -0.370 e. The second-order valence-electron chi connectivity index (χ2n) is 9.73. The molecular weight excluding hydrogens is 469 g/mol. The van der Waals surface area contributed by atoms with E-state index in [2.05, 4.69) is 5.32 Å². The van der Waals surface area contributed by atoms with Crippen LogP contribution in [-0.4, -0.2) is 49.9 Å². The predicted molar refractivity (Wildman–Crippen MR) is 129 cm³/mol. The van der Waals surface area contributed by atoms with Crippen LogP contribution in [-0.2, 0) is 22.2 Å². The van der Waals surface area contributed by atoms with Crippen molar-refractivity contribution in [1.29, 1.82) is 5.26 Å². The highest BCUT2D eigenvalue weighted by atomic mass is 19.4. The van der Waals surface area contributed by atoms with Crippen molar-refractivity contribution in [3.63, 3.8) is 0 Å². The Morgan fingerprint density at radius 1 is 1.17 bits per heavy atom. The molecule has 1 spiro atoms. The molecule has 0 aromatic heterocycles. The molecule has 2 fully saturated rings. The first-order chi connectivity index (χ1) is 17.1. The van der Waals surface area contributed by atoms with Crippen LogP contribution in [0, 0.1) is 29.6 Å². The first-order valence-electron chi connectivity index (χ1n) is 12.0. The number of anilines is 1. The molecule has 2 aromatic rings. The monoisotopic (exact) mass is 498 g/mol. The van der Waals surface area contributed by atoms with Crippen LogP contribution in [0.2, 0.25) is 0 Å². The van der Waals surface area contributed by atoms with Crippen LogP contribution >= 0.6 is 0 Å². The lowest BCUT2D eigenvalue weighted by molar-refractivity contribution is -0.138. The highest BCUT2D eigenvalue weighted by Gasteiger charge is 2.51. The molecule has 190 valence electrons. The number of alkyl halides is 3. The topological polar surface area (TPSA) is 76.4 Å². The zero-order valence-electron chi connectivity index (χ0n) is 20.4. The molecular formula is C27H29F3N4O2. The minimum atomic E-state index is -4.65. The predicted octanol–water partition coefficient (Wildman–Crippen LogP) is 3.92. The molecule has 36 heavy (non-hydrogen) atoms. The molecule has 0 bridgehead atoms. The molecule has 2 aliphatic heterocycles. The first kappa shape index (κ1) is 25.5. The van der Waals surface area contributed by atoms with Gasteiger partial charge in [0.2, 0.25) is 11.8 Å². The zero-order chi connectivity index (χ0) is 26.1. The molecule has 2 amide bonds. The van der Waals surface area contributed by atoms with E-state index in [0.717, 1.165) is 17.2 Å². The molecule has 2 aromatic carbocycles. The number of piperidine rings is 1. The second-order valence-corrected chi connectivity index (χ2v) is 9.73. The molecule has 2 heterocycles. The summed E-state index contributed by atoms with van der Waals surface area (Å²) in [6.45, 7) is 3.65. The van der Waals surface area contributed by atoms with Gasteiger partial charge in [-0.25, -0.2) is 0 Å². The number of halogens is 3. The number of nitrogens with one attached hydrogen (secondary N) is 1. The molecule has 1 unspecified atom stereocenters. The number of carbonyl (C=O) groups is 2. The summed E-state index contributed by atoms with van der Waals surface area (Å²) in [6.07, 6.45) is -3.16. The van der Waals surface area contributed by atoms with Crippen LogP contribution in [0.25, 0.3) is 0 Å². The Morgan fingerprint density at radius 3 is 2.47 bits per heavy atom. The molecule has 0 saturated carbocycles. The molecule has 4 rings (SSSR count). The molecule has 2 saturated heterocycles. The number of carbonyl (C=O) groups excluding carboxylic acids is 2. The average Bonchev–Trinajstić information content (AvgIpc) is 3.23. The zero-order valence-corrected chi connectivity index (χ0v) is 20.4. The summed E-state index contributed by atoms with van der Waals surface area (Å²) in [4.78, 5) is 29.5. The Bertz CT molecular complexity index is 1200. The fraction of sp³-hybridized carbons (Fsp3) is 0.444. The third-order valence-electron chi connectivity index (χ3n) is 7.72. The maximum atomic E-state index is 13.5. The number of hydrogen-bond donors (Lipinski definition) is 1. The summed E-state index contributed by atoms with van der Waals surface area (Å²) in [5.41, 5.74) is 0.530. The number of likely N-dealkylation sites (tertiary alicyclic amines) is 1. The van der Waals surface area contributed by atoms with Gasteiger partial charge in [-0.1, -0.05) is 24.3 Å². The van der Waals surface area contributed by atoms with Gasteiger partial charge in [0.1, 0.15) is 0 Å². The number of nitrogens with zero attached hydrogens (tertiary/aromatic N) is 3. The molecule has 9 heteroatoms. The summed E-state index contributed by atoms with van der Waals surface area (Å²) in [5, 5.41) is 11.8. The van der Waals surface area contributed by atoms with Crippen molar-refractivity contribution in [3.05, 3.63) is 64.7 Å². The number of hydrogen-bond acceptors (Lipinski definition) is 4. The standard InChI is InChI=1S/C27H29F3N4O2/c1-18-5-3-4-6-19(18)13-24(35)33-11-9-26(10-12-33)17-34(16-23(26)25(36)32-2)21-8-7-20(15-31)22(14-21)27(28,29)30/h3-8,14,23H,9-13,16-17H2,1-2H3,(H,32,36). The van der Waals surface area contributed by atoms with Crippen molar-refractivity contribution in [3.8, 4) is 6.07 Å². The fourth-order valence-corrected chi connectivity index (χ4v) is 5.55. The second kappa shape index (κ2) is 9.84. The molecule has 0 radical (unpaired) electrons. The van der Waals surface area contributed by atoms with Crippen molar-refractivity contribution >= 4 is 17.5 Å². The van der Waals surface area contributed by atoms with Crippen LogP contribution in [0.3, 0.4) is 0 Å². The van der Waals surface area contributed by atoms with E-state index in [1.54, 1.807) is 18.0 Å². The van der Waals surface area contributed by atoms with Gasteiger partial charge in [0, 0.05) is 44.3 Å². The van der Waals surface area contributed by atoms with Gasteiger partial charge in [-0.05, 0) is 49.1 Å². The van der Waals surface area contributed by atoms with Gasteiger partial charge >= 0.3 is 6.18 Å². The largest absolute Gasteiger partial charge is 0.417 e. The Kier molecular flexibility index (Phi) is 6.98. The van der Waals surface area contributed by atoms with Gasteiger partial charge in [0.05, 0.1) is 29.5 Å². The van der Waals surface area contributed by atoms with E-state index in [4.69, 9.17) is 5.26 Å². The minimum absolute atomic E-state index is 0.0346. The van der Waals surface area contributed by atoms with Gasteiger partial charge in [0.25, 0.3) is 0 Å². The van der Waals surface area contributed by atoms with Crippen LogP contribution in [0.4, 0.5) is 18.9 Å². The fourth-order valence-electron chi connectivity index (χ4n) is 5.55. The summed E-state index contributed by atoms with van der Waals surface area (Å²) < 4.78 is 40.6. The highest BCUT2D eigenvalue weighted by molar-refractivity contribution is 5.82. The van der Waals surface area contributed by atoms with Crippen molar-refractivity contribution < 1.29 is 22.8 Å². The summed E-state index contributed by atoms with van der Waals surface area (Å²) in [6, 6.07) is 13.1. The Labute approximate surface area is 208 Å². The van der Waals surface area contributed by atoms with Gasteiger partial charge in [-0.15, -0.1) is 0 Å². The van der Waals surface area contributed by atoms with Gasteiger partial charge in [-0.2, -0.15) is 18.4 Å². The molecule has 2 aliphatic rings. The van der Waals surface area contributed by atoms with Crippen LogP contribution in [0.1, 0.15) is 35.1 Å². The normalized spacial score (nSPS) is 19.3. The molecule has 0 aliphatic carbocycles. The Morgan fingerprint density at radius 2 is 1.86 bits per heavy atom. The van der Waals surface area contributed by atoms with E-state index in [1.807, 2.05) is 36.1 Å². The van der Waals surface area contributed by atoms with E-state index < -0.39 is 28.6 Å². The average molecular weight is 499 g/mol. The quantitative estimate of drug-likeness (QED) is 0.694. The van der Waals surface area contributed by atoms with Gasteiger partial charge < -0.3 is 15.1 Å². The molecule has 1 atom stereocenters. The summed E-state index contributed by atoms with van der Waals surface area (Å²) in [7, 11) is 1.56. The lowest BCUT2D eigenvalue weighted by Gasteiger charge is -2.42. The van der Waals surface area contributed by atoms with Gasteiger partial charge in [0.15, 0.2) is 0 Å². The van der Waals surface area contributed by atoms with Crippen molar-refractivity contribution in [2.45, 2.75) is 32.4 Å². The van der Waals surface area contributed by atoms with E-state index in [-0.39, 0.29) is 18.4 Å². The van der Waals surface area contributed by atoms with Crippen molar-refractivity contribution in [2.75, 3.05) is 38.1 Å².